The highest BCUT2D eigenvalue weighted by Gasteiger charge is 2.28. The van der Waals surface area contributed by atoms with E-state index in [1.165, 1.54) is 6.42 Å². The van der Waals surface area contributed by atoms with Crippen molar-refractivity contribution >= 4 is 46.8 Å². The topological polar surface area (TPSA) is 49.4 Å². The van der Waals surface area contributed by atoms with Gasteiger partial charge in [0.15, 0.2) is 0 Å². The summed E-state index contributed by atoms with van der Waals surface area (Å²) in [5, 5.41) is 4.19. The molecule has 0 radical (unpaired) electrons. The Morgan fingerprint density at radius 2 is 1.81 bits per heavy atom. The van der Waals surface area contributed by atoms with Crippen LogP contribution in [0, 0.1) is 0 Å². The van der Waals surface area contributed by atoms with Gasteiger partial charge in [-0.2, -0.15) is 0 Å². The van der Waals surface area contributed by atoms with Crippen molar-refractivity contribution in [3.05, 3.63) is 64.1 Å². The van der Waals surface area contributed by atoms with E-state index >= 15 is 0 Å². The van der Waals surface area contributed by atoms with Crippen LogP contribution in [0.3, 0.4) is 0 Å². The molecule has 0 spiro atoms. The average molecular weight is 494 g/mol. The molecule has 7 heteroatoms. The Kier molecular flexibility index (Phi) is 9.76. The number of thioether (sulfide) groups is 1. The Bertz CT molecular complexity index is 904. The Morgan fingerprint density at radius 1 is 1.09 bits per heavy atom. The van der Waals surface area contributed by atoms with Crippen LogP contribution in [0.2, 0.25) is 10.0 Å². The number of halogens is 2. The molecule has 1 N–H and O–H groups in total. The molecule has 0 aromatic heterocycles. The van der Waals surface area contributed by atoms with E-state index in [0.29, 0.717) is 22.2 Å². The fourth-order valence-electron chi connectivity index (χ4n) is 3.90. The Hall–Kier alpha value is -1.69. The van der Waals surface area contributed by atoms with Crippen LogP contribution in [0.25, 0.3) is 0 Å². The van der Waals surface area contributed by atoms with E-state index in [0.717, 1.165) is 36.1 Å². The number of nitrogens with zero attached hydrogens (tertiary/aromatic N) is 1. The van der Waals surface area contributed by atoms with Crippen LogP contribution < -0.4 is 5.32 Å². The molecule has 1 fully saturated rings. The maximum absolute atomic E-state index is 13.2. The van der Waals surface area contributed by atoms with Gasteiger partial charge in [0.05, 0.1) is 0 Å². The van der Waals surface area contributed by atoms with Crippen molar-refractivity contribution in [3.8, 4) is 0 Å². The van der Waals surface area contributed by atoms with Crippen molar-refractivity contribution in [2.24, 2.45) is 0 Å². The molecule has 4 nitrogen and oxygen atoms in total. The first-order valence-corrected chi connectivity index (χ1v) is 12.9. The van der Waals surface area contributed by atoms with Gasteiger partial charge in [-0.25, -0.2) is 0 Å². The van der Waals surface area contributed by atoms with Crippen LogP contribution in [-0.2, 0) is 16.1 Å². The smallest absolute Gasteiger partial charge is 0.242 e. The molecule has 2 aromatic rings. The molecular formula is C25H30Cl2N2O2S. The van der Waals surface area contributed by atoms with Crippen molar-refractivity contribution in [2.75, 3.05) is 5.75 Å². The molecule has 0 aliphatic heterocycles. The normalized spacial score (nSPS) is 15.2. The van der Waals surface area contributed by atoms with Gasteiger partial charge >= 0.3 is 0 Å². The second kappa shape index (κ2) is 12.5. The van der Waals surface area contributed by atoms with Gasteiger partial charge in [0, 0.05) is 39.7 Å². The number of hydrogen-bond acceptors (Lipinski definition) is 3. The third-order valence-electron chi connectivity index (χ3n) is 5.80. The van der Waals surface area contributed by atoms with E-state index < -0.39 is 6.04 Å². The van der Waals surface area contributed by atoms with Crippen LogP contribution in [0.4, 0.5) is 0 Å². The fourth-order valence-corrected chi connectivity index (χ4v) is 5.23. The first-order chi connectivity index (χ1) is 15.4. The maximum atomic E-state index is 13.2. The van der Waals surface area contributed by atoms with Crippen molar-refractivity contribution < 1.29 is 9.59 Å². The average Bonchev–Trinajstić information content (AvgIpc) is 2.79. The lowest BCUT2D eigenvalue weighted by Gasteiger charge is -2.31. The molecule has 32 heavy (non-hydrogen) atoms. The van der Waals surface area contributed by atoms with E-state index in [-0.39, 0.29) is 24.4 Å². The molecule has 0 unspecified atom stereocenters. The maximum Gasteiger partial charge on any atom is 0.242 e. The minimum absolute atomic E-state index is 0.0641. The van der Waals surface area contributed by atoms with Crippen molar-refractivity contribution in [1.82, 2.24) is 10.2 Å². The predicted molar refractivity (Wildman–Crippen MR) is 133 cm³/mol. The molecular weight excluding hydrogens is 463 g/mol. The highest BCUT2D eigenvalue weighted by Crippen LogP contribution is 2.25. The van der Waals surface area contributed by atoms with Gasteiger partial charge in [0.25, 0.3) is 0 Å². The number of nitrogens with one attached hydrogen (secondary N) is 1. The lowest BCUT2D eigenvalue weighted by molar-refractivity contribution is -0.140. The number of benzene rings is 2. The minimum atomic E-state index is -0.585. The van der Waals surface area contributed by atoms with Gasteiger partial charge < -0.3 is 10.2 Å². The molecule has 0 heterocycles. The molecule has 1 aliphatic carbocycles. The number of carbonyl (C=O) groups excluding carboxylic acids is 2. The van der Waals surface area contributed by atoms with Crippen molar-refractivity contribution in [1.29, 1.82) is 0 Å². The van der Waals surface area contributed by atoms with Gasteiger partial charge in [0.1, 0.15) is 6.04 Å². The van der Waals surface area contributed by atoms with Crippen LogP contribution in [0.5, 0.6) is 0 Å². The zero-order chi connectivity index (χ0) is 22.9. The molecule has 1 saturated carbocycles. The Morgan fingerprint density at radius 3 is 2.50 bits per heavy atom. The molecule has 3 rings (SSSR count). The largest absolute Gasteiger partial charge is 0.352 e. The van der Waals surface area contributed by atoms with E-state index in [1.807, 2.05) is 36.4 Å². The number of rotatable bonds is 9. The monoisotopic (exact) mass is 492 g/mol. The van der Waals surface area contributed by atoms with E-state index in [4.69, 9.17) is 23.2 Å². The Labute approximate surface area is 205 Å². The summed E-state index contributed by atoms with van der Waals surface area (Å²) in [5.74, 6) is 0.474. The van der Waals surface area contributed by atoms with E-state index in [2.05, 4.69) is 5.32 Å². The lowest BCUT2D eigenvalue weighted by Crippen LogP contribution is -2.50. The summed E-state index contributed by atoms with van der Waals surface area (Å²) in [6.07, 6.45) is 5.84. The van der Waals surface area contributed by atoms with Gasteiger partial charge in [-0.1, -0.05) is 66.7 Å². The van der Waals surface area contributed by atoms with Crippen LogP contribution in [-0.4, -0.2) is 34.6 Å². The number of amides is 2. The summed E-state index contributed by atoms with van der Waals surface area (Å²) < 4.78 is 0. The fraction of sp³-hybridized carbons (Fsp3) is 0.440. The summed E-state index contributed by atoms with van der Waals surface area (Å²) in [7, 11) is 0. The lowest BCUT2D eigenvalue weighted by atomic mass is 9.95. The second-order valence-corrected chi connectivity index (χ2v) is 10.2. The molecule has 1 aliphatic rings. The van der Waals surface area contributed by atoms with E-state index in [1.54, 1.807) is 35.7 Å². The second-order valence-electron chi connectivity index (χ2n) is 8.19. The minimum Gasteiger partial charge on any atom is -0.352 e. The van der Waals surface area contributed by atoms with Crippen LogP contribution >= 0.6 is 35.0 Å². The van der Waals surface area contributed by atoms with Crippen LogP contribution in [0.15, 0.2) is 53.4 Å². The molecule has 172 valence electrons. The third kappa shape index (κ3) is 7.43. The van der Waals surface area contributed by atoms with Gasteiger partial charge in [-0.3, -0.25) is 9.59 Å². The summed E-state index contributed by atoms with van der Waals surface area (Å²) in [6, 6.07) is 14.8. The molecule has 0 saturated heterocycles. The predicted octanol–water partition coefficient (Wildman–Crippen LogP) is 6.34. The van der Waals surface area contributed by atoms with Crippen LogP contribution in [0.1, 0.15) is 51.0 Å². The standard InChI is InChI=1S/C25H30Cl2N2O2S/c1-18(25(31)28-21-8-4-2-5-9-21)29(17-19-12-13-20(26)16-23(19)27)24(30)14-15-32-22-10-6-3-7-11-22/h3,6-7,10-13,16,18,21H,2,4-5,8-9,14-15,17H2,1H3,(H,28,31)/t18-/m0/s1. The molecule has 0 bridgehead atoms. The third-order valence-corrected chi connectivity index (χ3v) is 7.40. The van der Waals surface area contributed by atoms with Gasteiger partial charge in [-0.05, 0) is 49.6 Å². The highest BCUT2D eigenvalue weighted by molar-refractivity contribution is 7.99. The molecule has 2 amide bonds. The summed E-state index contributed by atoms with van der Waals surface area (Å²) in [5.41, 5.74) is 0.775. The number of carbonyl (C=O) groups is 2. The van der Waals surface area contributed by atoms with E-state index in [9.17, 15) is 9.59 Å². The van der Waals surface area contributed by atoms with Gasteiger partial charge in [0.2, 0.25) is 11.8 Å². The quantitative estimate of drug-likeness (QED) is 0.415. The summed E-state index contributed by atoms with van der Waals surface area (Å²) in [6.45, 7) is 2.06. The zero-order valence-corrected chi connectivity index (χ0v) is 20.7. The van der Waals surface area contributed by atoms with Crippen molar-refractivity contribution in [2.45, 2.75) is 69.0 Å². The Balaban J connectivity index is 1.68. The van der Waals surface area contributed by atoms with Crippen molar-refractivity contribution in [3.63, 3.8) is 0 Å². The first kappa shape index (κ1) is 24.9. The molecule has 2 aromatic carbocycles. The highest BCUT2D eigenvalue weighted by atomic mass is 35.5. The zero-order valence-electron chi connectivity index (χ0n) is 18.4. The van der Waals surface area contributed by atoms with Gasteiger partial charge in [-0.15, -0.1) is 11.8 Å². The molecule has 1 atom stereocenters. The SMILES string of the molecule is C[C@@H](C(=O)NC1CCCCC1)N(Cc1ccc(Cl)cc1Cl)C(=O)CCSc1ccccc1. The first-order valence-electron chi connectivity index (χ1n) is 11.2. The number of hydrogen-bond donors (Lipinski definition) is 1. The summed E-state index contributed by atoms with van der Waals surface area (Å²) >= 11 is 14.0. The summed E-state index contributed by atoms with van der Waals surface area (Å²) in [4.78, 5) is 29.0.